The van der Waals surface area contributed by atoms with Crippen LogP contribution in [0.2, 0.25) is 0 Å². The lowest BCUT2D eigenvalue weighted by molar-refractivity contribution is -0.139. The smallest absolute Gasteiger partial charge is 0.349 e. The molecule has 4 heterocycles. The average Bonchev–Trinajstić information content (AvgIpc) is 3.16. The molecule has 0 bridgehead atoms. The lowest BCUT2D eigenvalue weighted by atomic mass is 10.2. The number of ether oxygens (including phenoxy) is 1. The fraction of sp³-hybridized carbons (Fsp3) is 0.600. The summed E-state index contributed by atoms with van der Waals surface area (Å²) in [4.78, 5) is 45.5. The van der Waals surface area contributed by atoms with Gasteiger partial charge in [-0.05, 0) is 38.7 Å². The minimum Gasteiger partial charge on any atom is -0.448 e. The molecule has 7 nitrogen and oxygen atoms in total. The van der Waals surface area contributed by atoms with Gasteiger partial charge >= 0.3 is 5.97 Å². The van der Waals surface area contributed by atoms with E-state index in [-0.39, 0.29) is 11.5 Å². The molecule has 0 spiro atoms. The summed E-state index contributed by atoms with van der Waals surface area (Å²) in [6.45, 7) is 5.48. The molecule has 0 N–H and O–H groups in total. The summed E-state index contributed by atoms with van der Waals surface area (Å²) >= 11 is 1.18. The van der Waals surface area contributed by atoms with Crippen LogP contribution in [0.4, 0.5) is 0 Å². The van der Waals surface area contributed by atoms with Gasteiger partial charge in [-0.25, -0.2) is 9.78 Å². The third kappa shape index (κ3) is 3.34. The molecular weight excluding hydrogens is 378 g/mol. The number of amides is 1. The van der Waals surface area contributed by atoms with Gasteiger partial charge in [0.2, 0.25) is 0 Å². The van der Waals surface area contributed by atoms with Crippen molar-refractivity contribution >= 4 is 33.4 Å². The second-order valence-electron chi connectivity index (χ2n) is 7.61. The second-order valence-corrected chi connectivity index (χ2v) is 8.61. The largest absolute Gasteiger partial charge is 0.448 e. The third-order valence-corrected chi connectivity index (χ3v) is 6.81. The van der Waals surface area contributed by atoms with Crippen molar-refractivity contribution in [3.63, 3.8) is 0 Å². The first kappa shape index (κ1) is 19.1. The summed E-state index contributed by atoms with van der Waals surface area (Å²) in [7, 11) is 0. The number of carbonyl (C=O) groups excluding carboxylic acids is 2. The number of nitrogens with zero attached hydrogens (tertiary/aromatic N) is 3. The number of carbonyl (C=O) groups is 2. The van der Waals surface area contributed by atoms with E-state index in [4.69, 9.17) is 4.74 Å². The number of hydrogen-bond donors (Lipinski definition) is 0. The zero-order valence-electron chi connectivity index (χ0n) is 16.3. The quantitative estimate of drug-likeness (QED) is 0.736. The maximum Gasteiger partial charge on any atom is 0.349 e. The standard InChI is InChI=1S/C20H25N3O4S/c1-12-15-17(21-14-8-7-11-23(14)19(15)25)28-16(12)20(26)27-13(2)18(24)22-9-5-3-4-6-10-22/h13H,3-11H2,1-2H3/t13-/m1/s1. The highest BCUT2D eigenvalue weighted by molar-refractivity contribution is 7.20. The van der Waals surface area contributed by atoms with Crippen LogP contribution in [0.25, 0.3) is 10.2 Å². The Labute approximate surface area is 167 Å². The lowest BCUT2D eigenvalue weighted by Crippen LogP contribution is -2.40. The Bertz CT molecular complexity index is 985. The minimum absolute atomic E-state index is 0.0843. The second kappa shape index (κ2) is 7.66. The van der Waals surface area contributed by atoms with E-state index in [2.05, 4.69) is 4.98 Å². The molecule has 1 saturated heterocycles. The van der Waals surface area contributed by atoms with Crippen LogP contribution in [0.1, 0.15) is 60.1 Å². The van der Waals surface area contributed by atoms with Crippen molar-refractivity contribution in [1.82, 2.24) is 14.5 Å². The fourth-order valence-electron chi connectivity index (χ4n) is 4.08. The van der Waals surface area contributed by atoms with Crippen LogP contribution in [0.3, 0.4) is 0 Å². The van der Waals surface area contributed by atoms with Crippen molar-refractivity contribution in [3.05, 3.63) is 26.6 Å². The monoisotopic (exact) mass is 403 g/mol. The minimum atomic E-state index is -0.839. The van der Waals surface area contributed by atoms with E-state index in [1.807, 2.05) is 0 Å². The summed E-state index contributed by atoms with van der Waals surface area (Å²) in [5.74, 6) is 0.0790. The van der Waals surface area contributed by atoms with Crippen LogP contribution in [0, 0.1) is 6.92 Å². The molecule has 1 atom stereocenters. The molecule has 28 heavy (non-hydrogen) atoms. The third-order valence-electron chi connectivity index (χ3n) is 5.65. The number of rotatable bonds is 3. The Morgan fingerprint density at radius 2 is 1.82 bits per heavy atom. The van der Waals surface area contributed by atoms with Gasteiger partial charge in [-0.15, -0.1) is 11.3 Å². The highest BCUT2D eigenvalue weighted by Gasteiger charge is 2.28. The summed E-state index contributed by atoms with van der Waals surface area (Å²) in [6.07, 6.45) is 5.10. The Kier molecular flexibility index (Phi) is 5.23. The molecule has 4 rings (SSSR count). The number of hydrogen-bond acceptors (Lipinski definition) is 6. The van der Waals surface area contributed by atoms with E-state index < -0.39 is 12.1 Å². The van der Waals surface area contributed by atoms with E-state index in [9.17, 15) is 14.4 Å². The Morgan fingerprint density at radius 3 is 2.54 bits per heavy atom. The van der Waals surface area contributed by atoms with Crippen molar-refractivity contribution in [2.45, 2.75) is 65.0 Å². The Hall–Kier alpha value is -2.22. The molecular formula is C20H25N3O4S. The van der Waals surface area contributed by atoms with Gasteiger partial charge in [0.25, 0.3) is 11.5 Å². The first-order valence-electron chi connectivity index (χ1n) is 10.00. The van der Waals surface area contributed by atoms with Crippen LogP contribution in [-0.4, -0.2) is 45.5 Å². The molecule has 2 aliphatic heterocycles. The molecule has 1 amide bonds. The average molecular weight is 404 g/mol. The first-order valence-corrected chi connectivity index (χ1v) is 10.8. The SMILES string of the molecule is Cc1c(C(=O)O[C@H](C)C(=O)N2CCCCCC2)sc2nc3n(c(=O)c12)CCC3. The van der Waals surface area contributed by atoms with Crippen molar-refractivity contribution in [1.29, 1.82) is 0 Å². The van der Waals surface area contributed by atoms with Crippen LogP contribution in [0.5, 0.6) is 0 Å². The van der Waals surface area contributed by atoms with Gasteiger partial charge in [0.15, 0.2) is 6.10 Å². The first-order chi connectivity index (χ1) is 13.5. The summed E-state index contributed by atoms with van der Waals surface area (Å²) in [5, 5.41) is 0.495. The number of esters is 1. The van der Waals surface area contributed by atoms with Crippen molar-refractivity contribution in [2.24, 2.45) is 0 Å². The van der Waals surface area contributed by atoms with Gasteiger partial charge in [0.05, 0.1) is 5.39 Å². The topological polar surface area (TPSA) is 81.5 Å². The van der Waals surface area contributed by atoms with E-state index in [1.165, 1.54) is 11.3 Å². The maximum atomic E-state index is 12.8. The molecule has 0 unspecified atom stereocenters. The summed E-state index contributed by atoms with van der Waals surface area (Å²) in [6, 6.07) is 0. The van der Waals surface area contributed by atoms with E-state index >= 15 is 0 Å². The Morgan fingerprint density at radius 1 is 1.11 bits per heavy atom. The van der Waals surface area contributed by atoms with Crippen molar-refractivity contribution in [2.75, 3.05) is 13.1 Å². The number of thiophene rings is 1. The zero-order valence-corrected chi connectivity index (χ0v) is 17.1. The maximum absolute atomic E-state index is 12.8. The van der Waals surface area contributed by atoms with Crippen LogP contribution in [-0.2, 0) is 22.5 Å². The number of fused-ring (bicyclic) bond motifs is 2. The van der Waals surface area contributed by atoms with Gasteiger partial charge in [0, 0.05) is 26.1 Å². The van der Waals surface area contributed by atoms with Crippen molar-refractivity contribution < 1.29 is 14.3 Å². The number of likely N-dealkylation sites (tertiary alicyclic amines) is 1. The highest BCUT2D eigenvalue weighted by atomic mass is 32.1. The lowest BCUT2D eigenvalue weighted by Gasteiger charge is -2.23. The summed E-state index contributed by atoms with van der Waals surface area (Å²) in [5.41, 5.74) is 0.512. The zero-order chi connectivity index (χ0) is 19.8. The van der Waals surface area contributed by atoms with Crippen LogP contribution < -0.4 is 5.56 Å². The number of aromatic nitrogens is 2. The molecule has 2 aromatic rings. The van der Waals surface area contributed by atoms with E-state index in [1.54, 1.807) is 23.3 Å². The van der Waals surface area contributed by atoms with E-state index in [0.717, 1.165) is 57.4 Å². The predicted octanol–water partition coefficient (Wildman–Crippen LogP) is 2.66. The van der Waals surface area contributed by atoms with Crippen LogP contribution in [0.15, 0.2) is 4.79 Å². The molecule has 2 aromatic heterocycles. The highest BCUT2D eigenvalue weighted by Crippen LogP contribution is 2.29. The van der Waals surface area contributed by atoms with Gasteiger partial charge < -0.3 is 9.64 Å². The molecule has 150 valence electrons. The van der Waals surface area contributed by atoms with Gasteiger partial charge in [-0.2, -0.15) is 0 Å². The molecule has 0 aliphatic carbocycles. The fourth-order valence-corrected chi connectivity index (χ4v) is 5.16. The number of aryl methyl sites for hydroxylation is 2. The summed E-state index contributed by atoms with van der Waals surface area (Å²) < 4.78 is 7.18. The predicted molar refractivity (Wildman–Crippen MR) is 107 cm³/mol. The Balaban J connectivity index is 1.55. The van der Waals surface area contributed by atoms with Crippen molar-refractivity contribution in [3.8, 4) is 0 Å². The molecule has 0 saturated carbocycles. The molecule has 0 aromatic carbocycles. The van der Waals surface area contributed by atoms with Crippen LogP contribution >= 0.6 is 11.3 Å². The van der Waals surface area contributed by atoms with Gasteiger partial charge in [-0.1, -0.05) is 12.8 Å². The molecule has 1 fully saturated rings. The molecule has 2 aliphatic rings. The molecule has 8 heteroatoms. The van der Waals surface area contributed by atoms with Gasteiger partial charge in [0.1, 0.15) is 15.5 Å². The van der Waals surface area contributed by atoms with E-state index in [0.29, 0.717) is 27.2 Å². The van der Waals surface area contributed by atoms with Gasteiger partial charge in [-0.3, -0.25) is 14.2 Å². The molecule has 0 radical (unpaired) electrons. The normalized spacial score (nSPS) is 18.0.